The lowest BCUT2D eigenvalue weighted by molar-refractivity contribution is -0.162. The summed E-state index contributed by atoms with van der Waals surface area (Å²) in [4.78, 5) is 25.1. The van der Waals surface area contributed by atoms with Crippen LogP contribution in [0.3, 0.4) is 0 Å². The number of hydrogen-bond donors (Lipinski definition) is 1. The zero-order valence-corrected chi connectivity index (χ0v) is 37.6. The number of unbranched alkanes of at least 4 members (excludes halogenated alkanes) is 1. The smallest absolute Gasteiger partial charge is 0.410 e. The van der Waals surface area contributed by atoms with Crippen molar-refractivity contribution in [1.82, 2.24) is 9.80 Å². The zero-order valence-electron chi connectivity index (χ0n) is 37.6. The summed E-state index contributed by atoms with van der Waals surface area (Å²) in [5, 5.41) is 11.0. The minimum absolute atomic E-state index is 0.0553. The largest absolute Gasteiger partial charge is 0.415 e. The Hall–Kier alpha value is -2.14. The van der Waals surface area contributed by atoms with Gasteiger partial charge in [-0.1, -0.05) is 88.6 Å². The number of alkyl halides is 4. The van der Waals surface area contributed by atoms with Crippen LogP contribution in [0.25, 0.3) is 0 Å². The minimum atomic E-state index is -4.39. The third-order valence-electron chi connectivity index (χ3n) is 13.1. The minimum Gasteiger partial charge on any atom is -0.410 e. The Balaban J connectivity index is 0.000000564. The lowest BCUT2D eigenvalue weighted by Crippen LogP contribution is -2.72. The van der Waals surface area contributed by atoms with Crippen molar-refractivity contribution < 1.29 is 37.0 Å². The number of rotatable bonds is 9. The summed E-state index contributed by atoms with van der Waals surface area (Å²) in [6.07, 6.45) is 8.47. The molecule has 6 atom stereocenters. The van der Waals surface area contributed by atoms with E-state index in [0.29, 0.717) is 52.1 Å². The van der Waals surface area contributed by atoms with Gasteiger partial charge in [0, 0.05) is 38.0 Å². The Bertz CT molecular complexity index is 1400. The summed E-state index contributed by atoms with van der Waals surface area (Å²) in [5.74, 6) is -5.34. The monoisotopic (exact) mass is 809 g/mol. The predicted octanol–water partition coefficient (Wildman–Crippen LogP) is 11.6. The lowest BCUT2D eigenvalue weighted by Gasteiger charge is -2.58. The molecule has 2 aliphatic heterocycles. The van der Waals surface area contributed by atoms with Gasteiger partial charge in [0.1, 0.15) is 12.5 Å². The lowest BCUT2D eigenvalue weighted by atomic mass is 9.51. The van der Waals surface area contributed by atoms with Crippen molar-refractivity contribution in [3.63, 3.8) is 0 Å². The van der Waals surface area contributed by atoms with Crippen LogP contribution in [0.1, 0.15) is 157 Å². The van der Waals surface area contributed by atoms with Gasteiger partial charge < -0.3 is 24.4 Å². The Labute approximate surface area is 345 Å². The quantitative estimate of drug-likeness (QED) is 0.199. The van der Waals surface area contributed by atoms with E-state index in [1.165, 1.54) is 36.8 Å². The molecule has 4 unspecified atom stereocenters. The first-order valence-corrected chi connectivity index (χ1v) is 21.8. The van der Waals surface area contributed by atoms with Crippen LogP contribution in [-0.4, -0.2) is 86.7 Å². The summed E-state index contributed by atoms with van der Waals surface area (Å²) in [6.45, 7) is 29.8. The number of fused-ring (bicyclic) bond motifs is 5. The highest BCUT2D eigenvalue weighted by atomic mass is 19.3. The van der Waals surface area contributed by atoms with Crippen LogP contribution in [0.5, 0.6) is 5.75 Å². The molecule has 1 aromatic rings. The van der Waals surface area contributed by atoms with E-state index in [9.17, 15) is 27.5 Å². The second-order valence-electron chi connectivity index (χ2n) is 19.5. The predicted molar refractivity (Wildman–Crippen MR) is 226 cm³/mol. The molecule has 6 rings (SSSR count). The highest BCUT2D eigenvalue weighted by Gasteiger charge is 2.57. The summed E-state index contributed by atoms with van der Waals surface area (Å²) >= 11 is 0. The van der Waals surface area contributed by atoms with Gasteiger partial charge in [-0.05, 0) is 128 Å². The Morgan fingerprint density at radius 3 is 2.09 bits per heavy atom. The first kappa shape index (κ1) is 51.0. The van der Waals surface area contributed by atoms with Gasteiger partial charge in [-0.15, -0.1) is 0 Å². The van der Waals surface area contributed by atoms with Crippen LogP contribution in [0, 0.1) is 39.4 Å². The standard InChI is InChI=1S/C35H54N2O3.C6H9BF4.2C2H6.CH2O/c1-32(2,3)18-33(4,5)14-12-23-16-24-17-25(40-31(39)37-21-35(22-37)19-36(7)20-35)8-9-26(24)27-13-15-34(6)28(30(23)27)10-11-29(34)38;1-2-3-4-5(8,9)6(7,10)11;3*1-2/h8-9,17,23,27-30,38H,10-16,18-22H2,1-7H3;2-4H2,1H3;2*1-2H3;1H2/t23-,27-,28?,29?,30?,34?;;;;/m1..../s1. The number of ether oxygens (including phenoxy) is 1. The molecule has 2 heterocycles. The van der Waals surface area contributed by atoms with Crippen molar-refractivity contribution >= 4 is 20.7 Å². The molecule has 1 N–H and O–H groups in total. The van der Waals surface area contributed by atoms with Crippen molar-refractivity contribution in [1.29, 1.82) is 0 Å². The average Bonchev–Trinajstić information content (AvgIpc) is 3.42. The first-order valence-electron chi connectivity index (χ1n) is 21.8. The van der Waals surface area contributed by atoms with Crippen LogP contribution in [0.15, 0.2) is 18.2 Å². The van der Waals surface area contributed by atoms with Crippen LogP contribution in [0.4, 0.5) is 22.4 Å². The molecule has 326 valence electrons. The number of carbonyl (C=O) groups is 2. The van der Waals surface area contributed by atoms with E-state index in [4.69, 9.17) is 9.53 Å². The summed E-state index contributed by atoms with van der Waals surface area (Å²) < 4.78 is 54.1. The number of aliphatic hydroxyl groups is 1. The number of benzene rings is 1. The Kier molecular flexibility index (Phi) is 18.3. The third kappa shape index (κ3) is 12.5. The molecule has 4 fully saturated rings. The molecule has 2 saturated carbocycles. The number of likely N-dealkylation sites (tertiary alicyclic amines) is 2. The van der Waals surface area contributed by atoms with Crippen molar-refractivity contribution in [2.24, 2.45) is 39.4 Å². The van der Waals surface area contributed by atoms with E-state index < -0.39 is 18.2 Å². The van der Waals surface area contributed by atoms with E-state index in [-0.39, 0.29) is 24.0 Å². The molecule has 0 bridgehead atoms. The Morgan fingerprint density at radius 2 is 1.56 bits per heavy atom. The molecule has 3 aliphatic carbocycles. The molecule has 1 amide bonds. The number of nitrogens with zero attached hydrogens (tertiary/aromatic N) is 2. The highest BCUT2D eigenvalue weighted by Crippen LogP contribution is 2.63. The molecule has 5 aliphatic rings. The number of halogens is 4. The van der Waals surface area contributed by atoms with Crippen molar-refractivity contribution in [2.75, 3.05) is 33.2 Å². The maximum absolute atomic E-state index is 12.9. The highest BCUT2D eigenvalue weighted by molar-refractivity contribution is 6.13. The van der Waals surface area contributed by atoms with Gasteiger partial charge in [0.25, 0.3) is 11.7 Å². The molecule has 2 radical (unpaired) electrons. The Morgan fingerprint density at radius 1 is 0.965 bits per heavy atom. The second kappa shape index (κ2) is 20.4. The fraction of sp³-hybridized carbons (Fsp3) is 0.826. The van der Waals surface area contributed by atoms with Crippen molar-refractivity contribution in [3.8, 4) is 5.75 Å². The maximum Gasteiger partial charge on any atom is 0.415 e. The summed E-state index contributed by atoms with van der Waals surface area (Å²) in [7, 11) is 6.11. The van der Waals surface area contributed by atoms with E-state index in [0.717, 1.165) is 51.9 Å². The van der Waals surface area contributed by atoms with Gasteiger partial charge in [0.2, 0.25) is 0 Å². The third-order valence-corrected chi connectivity index (χ3v) is 13.1. The number of amides is 1. The summed E-state index contributed by atoms with van der Waals surface area (Å²) in [5.41, 5.74) is 3.90. The van der Waals surface area contributed by atoms with Crippen LogP contribution < -0.4 is 4.74 Å². The molecule has 11 heteroatoms. The van der Waals surface area contributed by atoms with Crippen molar-refractivity contribution in [3.05, 3.63) is 29.3 Å². The molecular weight excluding hydrogens is 731 g/mol. The van der Waals surface area contributed by atoms with Gasteiger partial charge in [-0.2, -0.15) is 0 Å². The van der Waals surface area contributed by atoms with Gasteiger partial charge in [-0.25, -0.2) is 22.4 Å². The second-order valence-corrected chi connectivity index (χ2v) is 19.5. The summed E-state index contributed by atoms with van der Waals surface area (Å²) in [6, 6.07) is 6.52. The van der Waals surface area contributed by atoms with Crippen LogP contribution in [-0.2, 0) is 11.2 Å². The molecule has 57 heavy (non-hydrogen) atoms. The van der Waals surface area contributed by atoms with Gasteiger partial charge in [0.05, 0.1) is 6.10 Å². The maximum atomic E-state index is 12.9. The van der Waals surface area contributed by atoms with Gasteiger partial charge in [0.15, 0.2) is 7.85 Å². The SMILES string of the molecule is C=O.CC.CC.CN1CC2(C1)CN(C(=O)Oc1ccc3c(c1)C[C@@H](CCC(C)(C)CC(C)(C)C)C1C4CCC(O)C4(C)CC[C@H]31)C2.[B]C(F)(F)C(F)(F)CCCC. The zero-order chi connectivity index (χ0) is 43.8. The van der Waals surface area contributed by atoms with Crippen molar-refractivity contribution in [2.45, 2.75) is 171 Å². The topological polar surface area (TPSA) is 70.1 Å². The van der Waals surface area contributed by atoms with Gasteiger partial charge in [-0.3, -0.25) is 0 Å². The van der Waals surface area contributed by atoms with E-state index in [1.807, 2.05) is 45.5 Å². The molecule has 1 spiro atoms. The fourth-order valence-corrected chi connectivity index (χ4v) is 11.1. The fourth-order valence-electron chi connectivity index (χ4n) is 11.1. The number of carbonyl (C=O) groups excluding carboxylic acids is 2. The van der Waals surface area contributed by atoms with Crippen LogP contribution >= 0.6 is 0 Å². The number of aliphatic hydroxyl groups excluding tert-OH is 1. The average molecular weight is 809 g/mol. The van der Waals surface area contributed by atoms with Gasteiger partial charge >= 0.3 is 6.09 Å². The van der Waals surface area contributed by atoms with E-state index in [1.54, 1.807) is 6.92 Å². The molecule has 0 aromatic heterocycles. The van der Waals surface area contributed by atoms with Crippen LogP contribution in [0.2, 0.25) is 0 Å². The molecule has 1 aromatic carbocycles. The molecular formula is C46H77BF4N2O4. The number of hydrogen-bond acceptors (Lipinski definition) is 5. The first-order chi connectivity index (χ1) is 26.5. The molecule has 6 nitrogen and oxygen atoms in total. The molecule has 2 saturated heterocycles. The van der Waals surface area contributed by atoms with E-state index in [2.05, 4.69) is 73.5 Å². The normalized spacial score (nSPS) is 27.4. The van der Waals surface area contributed by atoms with E-state index >= 15 is 0 Å².